The summed E-state index contributed by atoms with van der Waals surface area (Å²) in [6, 6.07) is 0. The van der Waals surface area contributed by atoms with Gasteiger partial charge in [-0.05, 0) is 32.1 Å². The van der Waals surface area contributed by atoms with E-state index < -0.39 is 5.97 Å². The van der Waals surface area contributed by atoms with Crippen LogP contribution < -0.4 is 34.7 Å². The molecule has 0 aliphatic rings. The third-order valence-electron chi connectivity index (χ3n) is 3.61. The van der Waals surface area contributed by atoms with E-state index in [1.165, 1.54) is 0 Å². The molecule has 0 aromatic heterocycles. The Bertz CT molecular complexity index is 224. The number of rotatable bonds is 15. The van der Waals surface area contributed by atoms with Crippen LogP contribution in [0.4, 0.5) is 0 Å². The summed E-state index contributed by atoms with van der Waals surface area (Å²) in [7, 11) is 0. The van der Waals surface area contributed by atoms with Crippen molar-refractivity contribution in [2.45, 2.75) is 89.6 Å². The smallest absolute Gasteiger partial charge is 0.550 e. The zero-order valence-corrected chi connectivity index (χ0v) is 15.7. The molecule has 1 unspecified atom stereocenters. The number of hydrogen-bond donors (Lipinski definition) is 2. The van der Waals surface area contributed by atoms with E-state index >= 15 is 0 Å². The van der Waals surface area contributed by atoms with Crippen LogP contribution in [-0.2, 0) is 4.79 Å². The summed E-state index contributed by atoms with van der Waals surface area (Å²) in [5, 5.41) is 28.6. The number of carbonyl (C=O) groups is 1. The second-order valence-electron chi connectivity index (χ2n) is 5.61. The third kappa shape index (κ3) is 20.4. The Morgan fingerprint density at radius 1 is 0.810 bits per heavy atom. The first-order valence-corrected chi connectivity index (χ1v) is 8.15. The molecule has 0 saturated heterocycles. The summed E-state index contributed by atoms with van der Waals surface area (Å²) in [5.41, 5.74) is 0. The van der Waals surface area contributed by atoms with Crippen LogP contribution >= 0.6 is 0 Å². The van der Waals surface area contributed by atoms with Crippen LogP contribution in [0, 0.1) is 0 Å². The van der Waals surface area contributed by atoms with E-state index in [1.54, 1.807) is 0 Å². The van der Waals surface area contributed by atoms with Gasteiger partial charge in [-0.3, -0.25) is 0 Å². The van der Waals surface area contributed by atoms with E-state index in [2.05, 4.69) is 0 Å². The van der Waals surface area contributed by atoms with Gasteiger partial charge in [-0.2, -0.15) is 0 Å². The van der Waals surface area contributed by atoms with Gasteiger partial charge in [0.1, 0.15) is 0 Å². The van der Waals surface area contributed by atoms with Crippen molar-refractivity contribution in [1.82, 2.24) is 0 Å². The number of aliphatic hydroxyl groups excluding tert-OH is 2. The van der Waals surface area contributed by atoms with Gasteiger partial charge in [0.2, 0.25) is 0 Å². The zero-order valence-electron chi connectivity index (χ0n) is 13.7. The molecular formula is C16H31NaO4. The first kappa shape index (κ1) is 23.7. The van der Waals surface area contributed by atoms with Crippen molar-refractivity contribution in [1.29, 1.82) is 0 Å². The van der Waals surface area contributed by atoms with Gasteiger partial charge >= 0.3 is 29.6 Å². The van der Waals surface area contributed by atoms with Gasteiger partial charge in [0.25, 0.3) is 0 Å². The average Bonchev–Trinajstić information content (AvgIpc) is 2.41. The topological polar surface area (TPSA) is 80.6 Å². The van der Waals surface area contributed by atoms with Crippen molar-refractivity contribution < 1.29 is 49.7 Å². The Hall–Kier alpha value is 0.390. The fourth-order valence-electron chi connectivity index (χ4n) is 2.35. The minimum Gasteiger partial charge on any atom is -0.550 e. The molecule has 0 aliphatic heterocycles. The standard InChI is InChI=1S/C16H32O4.Na/c17-14-10-6-5-8-12-15(18)11-7-3-1-2-4-9-13-16(19)20;/h15,17-18H,1-14H2,(H,19,20);/q;+1/p-1. The molecule has 1 atom stereocenters. The summed E-state index contributed by atoms with van der Waals surface area (Å²) in [4.78, 5) is 10.2. The Morgan fingerprint density at radius 3 is 1.71 bits per heavy atom. The maximum atomic E-state index is 10.2. The van der Waals surface area contributed by atoms with Gasteiger partial charge in [-0.15, -0.1) is 0 Å². The second kappa shape index (κ2) is 18.4. The monoisotopic (exact) mass is 310 g/mol. The van der Waals surface area contributed by atoms with Crippen molar-refractivity contribution in [2.24, 2.45) is 0 Å². The maximum absolute atomic E-state index is 10.2. The van der Waals surface area contributed by atoms with E-state index in [0.29, 0.717) is 0 Å². The number of carbonyl (C=O) groups excluding carboxylic acids is 1. The van der Waals surface area contributed by atoms with Crippen LogP contribution in [0.15, 0.2) is 0 Å². The van der Waals surface area contributed by atoms with Crippen LogP contribution in [0.2, 0.25) is 0 Å². The first-order chi connectivity index (χ1) is 9.66. The molecule has 2 N–H and O–H groups in total. The summed E-state index contributed by atoms with van der Waals surface area (Å²) >= 11 is 0. The van der Waals surface area contributed by atoms with Crippen LogP contribution in [0.25, 0.3) is 0 Å². The quantitative estimate of drug-likeness (QED) is 0.305. The number of carboxylic acids is 1. The average molecular weight is 310 g/mol. The summed E-state index contributed by atoms with van der Waals surface area (Å²) in [6.07, 6.45) is 11.9. The summed E-state index contributed by atoms with van der Waals surface area (Å²) in [5.74, 6) is -0.952. The molecule has 0 rings (SSSR count). The van der Waals surface area contributed by atoms with E-state index in [0.717, 1.165) is 77.0 Å². The SMILES string of the molecule is O=C([O-])CCCCCCCCC(O)CCCCCCO.[Na+]. The molecule has 120 valence electrons. The van der Waals surface area contributed by atoms with Crippen molar-refractivity contribution in [3.63, 3.8) is 0 Å². The summed E-state index contributed by atoms with van der Waals surface area (Å²) < 4.78 is 0. The van der Waals surface area contributed by atoms with Gasteiger partial charge in [0.15, 0.2) is 0 Å². The Morgan fingerprint density at radius 2 is 1.24 bits per heavy atom. The van der Waals surface area contributed by atoms with E-state index in [1.807, 2.05) is 0 Å². The van der Waals surface area contributed by atoms with Crippen LogP contribution in [0.3, 0.4) is 0 Å². The Kier molecular flexibility index (Phi) is 20.8. The molecule has 0 bridgehead atoms. The molecule has 0 radical (unpaired) electrons. The molecule has 0 amide bonds. The molecule has 21 heavy (non-hydrogen) atoms. The first-order valence-electron chi connectivity index (χ1n) is 8.15. The molecule has 0 spiro atoms. The molecule has 0 saturated carbocycles. The maximum Gasteiger partial charge on any atom is 1.00 e. The van der Waals surface area contributed by atoms with E-state index in [9.17, 15) is 15.0 Å². The Balaban J connectivity index is 0. The molecule has 0 heterocycles. The van der Waals surface area contributed by atoms with Gasteiger partial charge in [-0.25, -0.2) is 0 Å². The van der Waals surface area contributed by atoms with E-state index in [4.69, 9.17) is 5.11 Å². The van der Waals surface area contributed by atoms with Crippen molar-refractivity contribution in [3.8, 4) is 0 Å². The van der Waals surface area contributed by atoms with Crippen molar-refractivity contribution in [3.05, 3.63) is 0 Å². The number of carboxylic acid groups (broad SMARTS) is 1. The molecule has 0 aromatic carbocycles. The number of hydrogen-bond acceptors (Lipinski definition) is 4. The number of aliphatic hydroxyl groups is 2. The molecule has 0 aliphatic carbocycles. The predicted molar refractivity (Wildman–Crippen MR) is 78.1 cm³/mol. The van der Waals surface area contributed by atoms with Crippen molar-refractivity contribution in [2.75, 3.05) is 6.61 Å². The minimum absolute atomic E-state index is 0. The van der Waals surface area contributed by atoms with E-state index in [-0.39, 0.29) is 48.7 Å². The Labute approximate surface area is 151 Å². The second-order valence-corrected chi connectivity index (χ2v) is 5.61. The molecule has 0 aromatic rings. The zero-order chi connectivity index (χ0) is 15.1. The fraction of sp³-hybridized carbons (Fsp3) is 0.938. The normalized spacial score (nSPS) is 11.9. The van der Waals surface area contributed by atoms with Gasteiger partial charge in [0, 0.05) is 12.6 Å². The third-order valence-corrected chi connectivity index (χ3v) is 3.61. The van der Waals surface area contributed by atoms with Crippen molar-refractivity contribution >= 4 is 5.97 Å². The fourth-order valence-corrected chi connectivity index (χ4v) is 2.35. The van der Waals surface area contributed by atoms with Crippen LogP contribution in [-0.4, -0.2) is 28.9 Å². The summed E-state index contributed by atoms with van der Waals surface area (Å²) in [6.45, 7) is 0.269. The van der Waals surface area contributed by atoms with Gasteiger partial charge < -0.3 is 20.1 Å². The molecule has 0 fully saturated rings. The largest absolute Gasteiger partial charge is 1.00 e. The number of aliphatic carboxylic acids is 1. The van der Waals surface area contributed by atoms with Gasteiger partial charge in [0.05, 0.1) is 6.10 Å². The number of unbranched alkanes of at least 4 members (excludes halogenated alkanes) is 8. The minimum atomic E-state index is -0.952. The van der Waals surface area contributed by atoms with Crippen LogP contribution in [0.1, 0.15) is 83.5 Å². The predicted octanol–water partition coefficient (Wildman–Crippen LogP) is -0.835. The van der Waals surface area contributed by atoms with Gasteiger partial charge in [-0.1, -0.05) is 51.4 Å². The molecule has 4 nitrogen and oxygen atoms in total. The molecular weight excluding hydrogens is 279 g/mol. The van der Waals surface area contributed by atoms with Crippen LogP contribution in [0.5, 0.6) is 0 Å². The molecule has 5 heteroatoms.